The molecule has 3 nitrogen and oxygen atoms in total. The minimum Gasteiger partial charge on any atom is -0.486 e. The first kappa shape index (κ1) is 11.9. The van der Waals surface area contributed by atoms with E-state index in [2.05, 4.69) is 20.9 Å². The third-order valence-corrected chi connectivity index (χ3v) is 2.63. The van der Waals surface area contributed by atoms with Crippen molar-refractivity contribution < 1.29 is 9.13 Å². The van der Waals surface area contributed by atoms with E-state index in [-0.39, 0.29) is 12.4 Å². The summed E-state index contributed by atoms with van der Waals surface area (Å²) in [5, 5.41) is 0. The summed E-state index contributed by atoms with van der Waals surface area (Å²) in [6.45, 7) is 0.255. The number of aromatic nitrogens is 1. The van der Waals surface area contributed by atoms with Gasteiger partial charge in [-0.25, -0.2) is 9.37 Å². The Morgan fingerprint density at radius 2 is 2.12 bits per heavy atom. The third kappa shape index (κ3) is 3.17. The average Bonchev–Trinajstić information content (AvgIpc) is 2.28. The van der Waals surface area contributed by atoms with Crippen molar-refractivity contribution in [3.63, 3.8) is 0 Å². The first-order valence-corrected chi connectivity index (χ1v) is 5.73. The number of nitrogens with zero attached hydrogens (tertiary/aromatic N) is 1. The van der Waals surface area contributed by atoms with Gasteiger partial charge in [0.1, 0.15) is 12.4 Å². The molecule has 0 atom stereocenters. The van der Waals surface area contributed by atoms with Crippen molar-refractivity contribution in [2.75, 3.05) is 5.73 Å². The van der Waals surface area contributed by atoms with Crippen LogP contribution in [0.4, 0.5) is 10.2 Å². The highest BCUT2D eigenvalue weighted by molar-refractivity contribution is 9.10. The SMILES string of the molecule is Nc1cc(COc2ccc(Br)cc2F)ccn1. The minimum atomic E-state index is -0.401. The number of halogens is 2. The Kier molecular flexibility index (Phi) is 3.58. The van der Waals surface area contributed by atoms with Gasteiger partial charge in [0.2, 0.25) is 0 Å². The van der Waals surface area contributed by atoms with Crippen molar-refractivity contribution in [2.24, 2.45) is 0 Å². The van der Waals surface area contributed by atoms with Crippen LogP contribution in [0, 0.1) is 5.82 Å². The van der Waals surface area contributed by atoms with Gasteiger partial charge in [0, 0.05) is 10.7 Å². The monoisotopic (exact) mass is 296 g/mol. The molecule has 0 unspecified atom stereocenters. The van der Waals surface area contributed by atoms with Crippen LogP contribution in [0.3, 0.4) is 0 Å². The van der Waals surface area contributed by atoms with E-state index in [1.807, 2.05) is 0 Å². The second kappa shape index (κ2) is 5.14. The van der Waals surface area contributed by atoms with Gasteiger partial charge in [-0.15, -0.1) is 0 Å². The Morgan fingerprint density at radius 3 is 2.82 bits per heavy atom. The first-order chi connectivity index (χ1) is 8.15. The molecule has 0 spiro atoms. The number of hydrogen-bond acceptors (Lipinski definition) is 3. The maximum absolute atomic E-state index is 13.4. The molecule has 0 saturated carbocycles. The zero-order chi connectivity index (χ0) is 12.3. The summed E-state index contributed by atoms with van der Waals surface area (Å²) in [6.07, 6.45) is 1.59. The molecule has 2 rings (SSSR count). The van der Waals surface area contributed by atoms with Gasteiger partial charge in [-0.1, -0.05) is 15.9 Å². The quantitative estimate of drug-likeness (QED) is 0.946. The smallest absolute Gasteiger partial charge is 0.166 e. The first-order valence-electron chi connectivity index (χ1n) is 4.93. The highest BCUT2D eigenvalue weighted by Crippen LogP contribution is 2.22. The Morgan fingerprint density at radius 1 is 1.29 bits per heavy atom. The lowest BCUT2D eigenvalue weighted by Gasteiger charge is -2.07. The molecule has 1 aromatic carbocycles. The van der Waals surface area contributed by atoms with Gasteiger partial charge in [-0.3, -0.25) is 0 Å². The molecule has 17 heavy (non-hydrogen) atoms. The van der Waals surface area contributed by atoms with Crippen LogP contribution >= 0.6 is 15.9 Å². The molecular formula is C12H10BrFN2O. The second-order valence-electron chi connectivity index (χ2n) is 3.45. The highest BCUT2D eigenvalue weighted by Gasteiger charge is 2.04. The summed E-state index contributed by atoms with van der Waals surface area (Å²) in [6, 6.07) is 8.11. The van der Waals surface area contributed by atoms with Gasteiger partial charge in [-0.2, -0.15) is 0 Å². The molecule has 0 bridgehead atoms. The second-order valence-corrected chi connectivity index (χ2v) is 4.37. The number of hydrogen-bond donors (Lipinski definition) is 1. The Bertz CT molecular complexity index is 534. The maximum Gasteiger partial charge on any atom is 0.166 e. The van der Waals surface area contributed by atoms with Crippen molar-refractivity contribution in [2.45, 2.75) is 6.61 Å². The van der Waals surface area contributed by atoms with Gasteiger partial charge in [0.05, 0.1) is 0 Å². The van der Waals surface area contributed by atoms with Crippen LogP contribution in [0.2, 0.25) is 0 Å². The molecule has 1 heterocycles. The standard InChI is InChI=1S/C12H10BrFN2O/c13-9-1-2-11(10(14)6-9)17-7-8-3-4-16-12(15)5-8/h1-6H,7H2,(H2,15,16). The molecule has 0 aliphatic rings. The number of rotatable bonds is 3. The van der Waals surface area contributed by atoms with Crippen molar-refractivity contribution in [1.82, 2.24) is 4.98 Å². The molecule has 0 saturated heterocycles. The zero-order valence-electron chi connectivity index (χ0n) is 8.86. The van der Waals surface area contributed by atoms with Crippen molar-refractivity contribution >= 4 is 21.7 Å². The molecule has 0 aliphatic heterocycles. The Hall–Kier alpha value is -1.62. The maximum atomic E-state index is 13.4. The molecular weight excluding hydrogens is 287 g/mol. The van der Waals surface area contributed by atoms with Gasteiger partial charge in [-0.05, 0) is 35.9 Å². The van der Waals surface area contributed by atoms with Crippen LogP contribution in [-0.2, 0) is 6.61 Å². The van der Waals surface area contributed by atoms with Crippen LogP contribution in [0.15, 0.2) is 41.0 Å². The molecule has 1 aromatic heterocycles. The number of nitrogen functional groups attached to an aromatic ring is 1. The molecule has 88 valence electrons. The summed E-state index contributed by atoms with van der Waals surface area (Å²) < 4.78 is 19.5. The normalized spacial score (nSPS) is 10.2. The topological polar surface area (TPSA) is 48.1 Å². The fraction of sp³-hybridized carbons (Fsp3) is 0.0833. The van der Waals surface area contributed by atoms with Gasteiger partial charge < -0.3 is 10.5 Å². The number of pyridine rings is 1. The summed E-state index contributed by atoms with van der Waals surface area (Å²) in [7, 11) is 0. The number of nitrogens with two attached hydrogens (primary N) is 1. The molecule has 5 heteroatoms. The van der Waals surface area contributed by atoms with E-state index < -0.39 is 5.82 Å². The van der Waals surface area contributed by atoms with Gasteiger partial charge in [0.25, 0.3) is 0 Å². The van der Waals surface area contributed by atoms with E-state index in [1.54, 1.807) is 30.5 Å². The van der Waals surface area contributed by atoms with Crippen LogP contribution in [-0.4, -0.2) is 4.98 Å². The van der Waals surface area contributed by atoms with E-state index in [1.165, 1.54) is 6.07 Å². The van der Waals surface area contributed by atoms with Gasteiger partial charge >= 0.3 is 0 Å². The summed E-state index contributed by atoms with van der Waals surface area (Å²) in [5.74, 6) is 0.229. The minimum absolute atomic E-state index is 0.212. The van der Waals surface area contributed by atoms with Crippen molar-refractivity contribution in [1.29, 1.82) is 0 Å². The van der Waals surface area contributed by atoms with Crippen molar-refractivity contribution in [3.05, 3.63) is 52.4 Å². The van der Waals surface area contributed by atoms with E-state index >= 15 is 0 Å². The predicted octanol–water partition coefficient (Wildman–Crippen LogP) is 3.14. The number of benzene rings is 1. The summed E-state index contributed by atoms with van der Waals surface area (Å²) in [4.78, 5) is 3.87. The molecule has 0 aliphatic carbocycles. The third-order valence-electron chi connectivity index (χ3n) is 2.13. The number of ether oxygens (including phenoxy) is 1. The molecule has 0 fully saturated rings. The fourth-order valence-electron chi connectivity index (χ4n) is 1.34. The van der Waals surface area contributed by atoms with Crippen LogP contribution in [0.5, 0.6) is 5.75 Å². The van der Waals surface area contributed by atoms with E-state index in [4.69, 9.17) is 10.5 Å². The lowest BCUT2D eigenvalue weighted by atomic mass is 10.3. The largest absolute Gasteiger partial charge is 0.486 e. The summed E-state index contributed by atoms with van der Waals surface area (Å²) in [5.41, 5.74) is 6.38. The van der Waals surface area contributed by atoms with E-state index in [9.17, 15) is 4.39 Å². The molecule has 0 radical (unpaired) electrons. The predicted molar refractivity (Wildman–Crippen MR) is 67.1 cm³/mol. The van der Waals surface area contributed by atoms with Gasteiger partial charge in [0.15, 0.2) is 11.6 Å². The van der Waals surface area contributed by atoms with E-state index in [0.29, 0.717) is 10.3 Å². The molecule has 2 aromatic rings. The fourth-order valence-corrected chi connectivity index (χ4v) is 1.67. The Labute approximate surface area is 107 Å². The number of anilines is 1. The highest BCUT2D eigenvalue weighted by atomic mass is 79.9. The Balaban J connectivity index is 2.07. The molecule has 2 N–H and O–H groups in total. The molecule has 0 amide bonds. The average molecular weight is 297 g/mol. The lowest BCUT2D eigenvalue weighted by Crippen LogP contribution is -1.99. The van der Waals surface area contributed by atoms with Crippen LogP contribution < -0.4 is 10.5 Å². The lowest BCUT2D eigenvalue weighted by molar-refractivity contribution is 0.290. The van der Waals surface area contributed by atoms with Crippen LogP contribution in [0.25, 0.3) is 0 Å². The van der Waals surface area contributed by atoms with E-state index in [0.717, 1.165) is 5.56 Å². The summed E-state index contributed by atoms with van der Waals surface area (Å²) >= 11 is 3.18. The van der Waals surface area contributed by atoms with Crippen molar-refractivity contribution in [3.8, 4) is 5.75 Å². The van der Waals surface area contributed by atoms with Crippen LogP contribution in [0.1, 0.15) is 5.56 Å². The zero-order valence-corrected chi connectivity index (χ0v) is 10.4.